The van der Waals surface area contributed by atoms with Gasteiger partial charge in [-0.3, -0.25) is 0 Å². The number of nitrogen functional groups attached to an aromatic ring is 1. The SMILES string of the molecule is CN(Cc1ncc[nH]1)S(=O)(=O)c1ccc(C#N)cc1N. The number of nitriles is 1. The molecule has 0 radical (unpaired) electrons. The van der Waals surface area contributed by atoms with Crippen LogP contribution in [0.3, 0.4) is 0 Å². The molecule has 0 aliphatic heterocycles. The Kier molecular flexibility index (Phi) is 3.74. The van der Waals surface area contributed by atoms with Crippen LogP contribution >= 0.6 is 0 Å². The van der Waals surface area contributed by atoms with Crippen LogP contribution in [0.25, 0.3) is 0 Å². The normalized spacial score (nSPS) is 11.4. The second kappa shape index (κ2) is 5.32. The van der Waals surface area contributed by atoms with Gasteiger partial charge in [-0.2, -0.15) is 9.57 Å². The quantitative estimate of drug-likeness (QED) is 0.804. The highest BCUT2D eigenvalue weighted by molar-refractivity contribution is 7.89. The van der Waals surface area contributed by atoms with E-state index in [9.17, 15) is 8.42 Å². The molecule has 0 aliphatic rings. The van der Waals surface area contributed by atoms with Crippen molar-refractivity contribution in [3.8, 4) is 6.07 Å². The fourth-order valence-corrected chi connectivity index (χ4v) is 2.93. The lowest BCUT2D eigenvalue weighted by Gasteiger charge is -2.17. The zero-order chi connectivity index (χ0) is 14.8. The maximum atomic E-state index is 12.4. The number of anilines is 1. The lowest BCUT2D eigenvalue weighted by Crippen LogP contribution is -2.27. The molecule has 0 amide bonds. The van der Waals surface area contributed by atoms with Gasteiger partial charge in [0.25, 0.3) is 0 Å². The minimum atomic E-state index is -3.73. The second-order valence-corrected chi connectivity index (χ2v) is 6.17. The molecule has 0 aliphatic carbocycles. The van der Waals surface area contributed by atoms with Crippen molar-refractivity contribution >= 4 is 15.7 Å². The molecule has 2 rings (SSSR count). The average molecular weight is 291 g/mol. The fourth-order valence-electron chi connectivity index (χ4n) is 1.70. The second-order valence-electron chi connectivity index (χ2n) is 4.16. The summed E-state index contributed by atoms with van der Waals surface area (Å²) in [5, 5.41) is 8.76. The van der Waals surface area contributed by atoms with Crippen molar-refractivity contribution < 1.29 is 8.42 Å². The van der Waals surface area contributed by atoms with Crippen LogP contribution in [0.4, 0.5) is 5.69 Å². The molecule has 3 N–H and O–H groups in total. The first-order valence-corrected chi connectivity index (χ1v) is 7.13. The number of aromatic nitrogens is 2. The number of nitrogens with one attached hydrogen (secondary N) is 1. The van der Waals surface area contributed by atoms with Gasteiger partial charge in [0.05, 0.1) is 23.9 Å². The smallest absolute Gasteiger partial charge is 0.245 e. The molecule has 8 heteroatoms. The third kappa shape index (κ3) is 2.64. The van der Waals surface area contributed by atoms with E-state index < -0.39 is 10.0 Å². The molecule has 2 aromatic rings. The highest BCUT2D eigenvalue weighted by Gasteiger charge is 2.24. The molecule has 0 saturated heterocycles. The Bertz CT molecular complexity index is 747. The summed E-state index contributed by atoms with van der Waals surface area (Å²) in [7, 11) is -2.29. The summed E-state index contributed by atoms with van der Waals surface area (Å²) < 4.78 is 25.9. The van der Waals surface area contributed by atoms with Gasteiger partial charge in [0.1, 0.15) is 10.7 Å². The molecule has 1 aromatic carbocycles. The summed E-state index contributed by atoms with van der Waals surface area (Å²) in [4.78, 5) is 6.79. The Balaban J connectivity index is 2.33. The van der Waals surface area contributed by atoms with Crippen LogP contribution < -0.4 is 5.73 Å². The zero-order valence-corrected chi connectivity index (χ0v) is 11.6. The van der Waals surface area contributed by atoms with Gasteiger partial charge < -0.3 is 10.7 Å². The van der Waals surface area contributed by atoms with Crippen molar-refractivity contribution in [3.63, 3.8) is 0 Å². The molecule has 1 heterocycles. The van der Waals surface area contributed by atoms with Gasteiger partial charge in [0.15, 0.2) is 0 Å². The van der Waals surface area contributed by atoms with Crippen LogP contribution in [-0.4, -0.2) is 29.7 Å². The third-order valence-electron chi connectivity index (χ3n) is 2.75. The zero-order valence-electron chi connectivity index (χ0n) is 10.7. The van der Waals surface area contributed by atoms with Gasteiger partial charge in [-0.25, -0.2) is 13.4 Å². The number of sulfonamides is 1. The Morgan fingerprint density at radius 3 is 2.80 bits per heavy atom. The van der Waals surface area contributed by atoms with Gasteiger partial charge in [-0.05, 0) is 18.2 Å². The Labute approximate surface area is 116 Å². The van der Waals surface area contributed by atoms with E-state index in [-0.39, 0.29) is 17.1 Å². The number of benzene rings is 1. The molecule has 0 atom stereocenters. The first kappa shape index (κ1) is 14.0. The minimum absolute atomic E-state index is 0.0226. The summed E-state index contributed by atoms with van der Waals surface area (Å²) in [6, 6.07) is 6.01. The van der Waals surface area contributed by atoms with Crippen LogP contribution in [0, 0.1) is 11.3 Å². The highest BCUT2D eigenvalue weighted by Crippen LogP contribution is 2.23. The van der Waals surface area contributed by atoms with E-state index in [2.05, 4.69) is 9.97 Å². The van der Waals surface area contributed by atoms with Crippen LogP contribution in [-0.2, 0) is 16.6 Å². The van der Waals surface area contributed by atoms with Gasteiger partial charge >= 0.3 is 0 Å². The summed E-state index contributed by atoms with van der Waals surface area (Å²) in [6.45, 7) is 0.106. The van der Waals surface area contributed by atoms with Gasteiger partial charge in [-0.15, -0.1) is 0 Å². The number of hydrogen-bond donors (Lipinski definition) is 2. The molecule has 7 nitrogen and oxygen atoms in total. The maximum absolute atomic E-state index is 12.4. The van der Waals surface area contributed by atoms with Crippen LogP contribution in [0.2, 0.25) is 0 Å². The predicted octanol–water partition coefficient (Wildman–Crippen LogP) is 0.684. The van der Waals surface area contributed by atoms with Crippen molar-refractivity contribution in [2.75, 3.05) is 12.8 Å². The molecule has 20 heavy (non-hydrogen) atoms. The van der Waals surface area contributed by atoms with Crippen molar-refractivity contribution in [2.45, 2.75) is 11.4 Å². The summed E-state index contributed by atoms with van der Waals surface area (Å²) in [6.07, 6.45) is 3.16. The number of rotatable bonds is 4. The Morgan fingerprint density at radius 1 is 1.50 bits per heavy atom. The Morgan fingerprint density at radius 2 is 2.25 bits per heavy atom. The standard InChI is InChI=1S/C12H13N5O2S/c1-17(8-12-15-4-5-16-12)20(18,19)11-3-2-9(7-13)6-10(11)14/h2-6H,8,14H2,1H3,(H,15,16). The number of imidazole rings is 1. The molecule has 104 valence electrons. The molecule has 0 spiro atoms. The van der Waals surface area contributed by atoms with Gasteiger partial charge in [0, 0.05) is 19.4 Å². The number of nitrogens with two attached hydrogens (primary N) is 1. The van der Waals surface area contributed by atoms with E-state index >= 15 is 0 Å². The summed E-state index contributed by atoms with van der Waals surface area (Å²) in [5.41, 5.74) is 6.08. The average Bonchev–Trinajstić information content (AvgIpc) is 2.91. The van der Waals surface area contributed by atoms with Gasteiger partial charge in [0.2, 0.25) is 10.0 Å². The number of aromatic amines is 1. The van der Waals surface area contributed by atoms with Gasteiger partial charge in [-0.1, -0.05) is 0 Å². The number of hydrogen-bond acceptors (Lipinski definition) is 5. The lowest BCUT2D eigenvalue weighted by atomic mass is 10.2. The third-order valence-corrected chi connectivity index (χ3v) is 4.63. The molecular weight excluding hydrogens is 278 g/mol. The van der Waals surface area contributed by atoms with E-state index in [0.29, 0.717) is 11.4 Å². The van der Waals surface area contributed by atoms with E-state index in [1.165, 1.54) is 25.2 Å². The minimum Gasteiger partial charge on any atom is -0.398 e. The largest absolute Gasteiger partial charge is 0.398 e. The van der Waals surface area contributed by atoms with Crippen LogP contribution in [0.15, 0.2) is 35.5 Å². The van der Waals surface area contributed by atoms with Crippen molar-refractivity contribution in [1.29, 1.82) is 5.26 Å². The van der Waals surface area contributed by atoms with E-state index in [0.717, 1.165) is 4.31 Å². The maximum Gasteiger partial charge on any atom is 0.245 e. The van der Waals surface area contributed by atoms with Crippen molar-refractivity contribution in [3.05, 3.63) is 42.0 Å². The van der Waals surface area contributed by atoms with E-state index in [1.807, 2.05) is 6.07 Å². The van der Waals surface area contributed by atoms with Crippen molar-refractivity contribution in [1.82, 2.24) is 14.3 Å². The fraction of sp³-hybridized carbons (Fsp3) is 0.167. The predicted molar refractivity (Wildman–Crippen MR) is 72.8 cm³/mol. The monoisotopic (exact) mass is 291 g/mol. The number of nitrogens with zero attached hydrogens (tertiary/aromatic N) is 3. The van der Waals surface area contributed by atoms with Crippen LogP contribution in [0.1, 0.15) is 11.4 Å². The number of H-pyrrole nitrogens is 1. The molecule has 0 bridgehead atoms. The lowest BCUT2D eigenvalue weighted by molar-refractivity contribution is 0.458. The molecule has 0 fully saturated rings. The topological polar surface area (TPSA) is 116 Å². The highest BCUT2D eigenvalue weighted by atomic mass is 32.2. The van der Waals surface area contributed by atoms with Crippen LogP contribution in [0.5, 0.6) is 0 Å². The summed E-state index contributed by atoms with van der Waals surface area (Å²) in [5.74, 6) is 0.531. The van der Waals surface area contributed by atoms with Crippen molar-refractivity contribution in [2.24, 2.45) is 0 Å². The summed E-state index contributed by atoms with van der Waals surface area (Å²) >= 11 is 0. The first-order chi connectivity index (χ1) is 9.45. The first-order valence-electron chi connectivity index (χ1n) is 5.69. The van der Waals surface area contributed by atoms with E-state index in [1.54, 1.807) is 12.4 Å². The molecule has 0 saturated carbocycles. The van der Waals surface area contributed by atoms with E-state index in [4.69, 9.17) is 11.0 Å². The Hall–Kier alpha value is -2.37. The molecule has 0 unspecified atom stereocenters. The molecule has 1 aromatic heterocycles. The molecular formula is C12H13N5O2S.